The highest BCUT2D eigenvalue weighted by molar-refractivity contribution is 5.86. The van der Waals surface area contributed by atoms with E-state index in [0.717, 1.165) is 72.6 Å². The molecule has 1 aliphatic heterocycles. The minimum atomic E-state index is 0.0335. The smallest absolute Gasteiger partial charge is 0.224 e. The van der Waals surface area contributed by atoms with Gasteiger partial charge in [0.05, 0.1) is 11.9 Å². The van der Waals surface area contributed by atoms with Gasteiger partial charge in [0, 0.05) is 50.3 Å². The quantitative estimate of drug-likeness (QED) is 0.619. The first-order valence-electron chi connectivity index (χ1n) is 11.7. The number of nitrogens with zero attached hydrogens (tertiary/aromatic N) is 3. The number of pyridine rings is 1. The number of aryl methyl sites for hydroxylation is 2. The van der Waals surface area contributed by atoms with Crippen LogP contribution >= 0.6 is 0 Å². The van der Waals surface area contributed by atoms with E-state index in [1.165, 1.54) is 5.56 Å². The van der Waals surface area contributed by atoms with Crippen LogP contribution in [0.25, 0.3) is 10.9 Å². The molecule has 5 nitrogen and oxygen atoms in total. The highest BCUT2D eigenvalue weighted by atomic mass is 16.1. The fraction of sp³-hybridized carbons (Fsp3) is 0.407. The van der Waals surface area contributed by atoms with Crippen LogP contribution in [0.3, 0.4) is 0 Å². The van der Waals surface area contributed by atoms with Crippen molar-refractivity contribution in [2.45, 2.75) is 40.3 Å². The molecule has 0 spiro atoms. The molecule has 2 heterocycles. The number of carbonyl (C=O) groups excluding carboxylic acids is 1. The van der Waals surface area contributed by atoms with Crippen LogP contribution in [0, 0.1) is 13.8 Å². The van der Waals surface area contributed by atoms with Gasteiger partial charge in [-0.15, -0.1) is 0 Å². The molecule has 4 rings (SSSR count). The Morgan fingerprint density at radius 2 is 1.59 bits per heavy atom. The van der Waals surface area contributed by atoms with E-state index in [9.17, 15) is 4.79 Å². The predicted molar refractivity (Wildman–Crippen MR) is 131 cm³/mol. The van der Waals surface area contributed by atoms with Gasteiger partial charge < -0.3 is 10.2 Å². The molecule has 1 amide bonds. The lowest BCUT2D eigenvalue weighted by atomic mass is 9.99. The standard InChI is InChI=1S/C27H34N4O/c1-4-30-13-15-31(16-14-30)19-23-11-9-22(10-12-23)18-28-27(32)17-25-20(2)24-7-5-6-8-26(24)29-21(25)3/h5-12H,4,13-19H2,1-3H3,(H,28,32). The largest absolute Gasteiger partial charge is 0.352 e. The average molecular weight is 431 g/mol. The summed E-state index contributed by atoms with van der Waals surface area (Å²) in [5, 5.41) is 4.20. The van der Waals surface area contributed by atoms with Gasteiger partial charge >= 0.3 is 0 Å². The van der Waals surface area contributed by atoms with E-state index in [2.05, 4.69) is 64.3 Å². The fourth-order valence-corrected chi connectivity index (χ4v) is 4.54. The number of carbonyl (C=O) groups is 1. The van der Waals surface area contributed by atoms with Gasteiger partial charge in [-0.3, -0.25) is 14.7 Å². The monoisotopic (exact) mass is 430 g/mol. The molecule has 3 aromatic rings. The van der Waals surface area contributed by atoms with Gasteiger partial charge in [-0.2, -0.15) is 0 Å². The van der Waals surface area contributed by atoms with Crippen LogP contribution in [0.1, 0.15) is 34.9 Å². The molecular weight excluding hydrogens is 396 g/mol. The molecule has 168 valence electrons. The molecule has 1 aliphatic rings. The van der Waals surface area contributed by atoms with E-state index in [4.69, 9.17) is 0 Å². The lowest BCUT2D eigenvalue weighted by Crippen LogP contribution is -2.45. The first kappa shape index (κ1) is 22.4. The van der Waals surface area contributed by atoms with Crippen molar-refractivity contribution in [3.05, 3.63) is 76.5 Å². The van der Waals surface area contributed by atoms with Gasteiger partial charge in [-0.1, -0.05) is 49.4 Å². The van der Waals surface area contributed by atoms with Crippen molar-refractivity contribution in [2.24, 2.45) is 0 Å². The van der Waals surface area contributed by atoms with E-state index in [1.807, 2.05) is 25.1 Å². The van der Waals surface area contributed by atoms with Crippen LogP contribution in [0.5, 0.6) is 0 Å². The third-order valence-electron chi connectivity index (χ3n) is 6.65. The number of piperazine rings is 1. The van der Waals surface area contributed by atoms with Crippen LogP contribution in [0.2, 0.25) is 0 Å². The minimum absolute atomic E-state index is 0.0335. The van der Waals surface area contributed by atoms with Crippen LogP contribution in [0.4, 0.5) is 0 Å². The molecule has 1 aromatic heterocycles. The molecule has 0 radical (unpaired) electrons. The number of benzene rings is 2. The summed E-state index contributed by atoms with van der Waals surface area (Å²) in [7, 11) is 0. The van der Waals surface area contributed by atoms with Gasteiger partial charge in [0.1, 0.15) is 0 Å². The van der Waals surface area contributed by atoms with Gasteiger partial charge in [0.2, 0.25) is 5.91 Å². The Balaban J connectivity index is 1.30. The van der Waals surface area contributed by atoms with Gasteiger partial charge in [-0.25, -0.2) is 0 Å². The third-order valence-corrected chi connectivity index (χ3v) is 6.65. The number of aromatic nitrogens is 1. The summed E-state index contributed by atoms with van der Waals surface area (Å²) in [5.41, 5.74) is 6.55. The molecule has 2 aromatic carbocycles. The van der Waals surface area contributed by atoms with Crippen LogP contribution in [0.15, 0.2) is 48.5 Å². The molecule has 0 bridgehead atoms. The second-order valence-electron chi connectivity index (χ2n) is 8.80. The van der Waals surface area contributed by atoms with E-state index in [-0.39, 0.29) is 5.91 Å². The second-order valence-corrected chi connectivity index (χ2v) is 8.80. The van der Waals surface area contributed by atoms with E-state index in [0.29, 0.717) is 13.0 Å². The zero-order valence-corrected chi connectivity index (χ0v) is 19.5. The second kappa shape index (κ2) is 10.2. The van der Waals surface area contributed by atoms with Gasteiger partial charge in [0.25, 0.3) is 0 Å². The summed E-state index contributed by atoms with van der Waals surface area (Å²) in [5.74, 6) is 0.0335. The Morgan fingerprint density at radius 1 is 0.938 bits per heavy atom. The third kappa shape index (κ3) is 5.34. The molecule has 1 N–H and O–H groups in total. The molecule has 1 fully saturated rings. The molecule has 0 saturated carbocycles. The molecule has 5 heteroatoms. The molecule has 0 atom stereocenters. The van der Waals surface area contributed by atoms with Crippen molar-refractivity contribution >= 4 is 16.8 Å². The summed E-state index contributed by atoms with van der Waals surface area (Å²) in [6, 6.07) is 16.8. The minimum Gasteiger partial charge on any atom is -0.352 e. The first-order chi connectivity index (χ1) is 15.5. The van der Waals surface area contributed by atoms with Crippen LogP contribution < -0.4 is 5.32 Å². The van der Waals surface area contributed by atoms with E-state index >= 15 is 0 Å². The van der Waals surface area contributed by atoms with Crippen molar-refractivity contribution in [3.8, 4) is 0 Å². The van der Waals surface area contributed by atoms with Crippen molar-refractivity contribution in [1.29, 1.82) is 0 Å². The number of para-hydroxylation sites is 1. The van der Waals surface area contributed by atoms with E-state index in [1.54, 1.807) is 0 Å². The summed E-state index contributed by atoms with van der Waals surface area (Å²) in [6.45, 7) is 13.6. The highest BCUT2D eigenvalue weighted by Crippen LogP contribution is 2.23. The van der Waals surface area contributed by atoms with Crippen molar-refractivity contribution in [3.63, 3.8) is 0 Å². The van der Waals surface area contributed by atoms with Crippen molar-refractivity contribution in [2.75, 3.05) is 32.7 Å². The number of fused-ring (bicyclic) bond motifs is 1. The van der Waals surface area contributed by atoms with Crippen LogP contribution in [-0.2, 0) is 24.3 Å². The number of likely N-dealkylation sites (N-methyl/N-ethyl adjacent to an activating group) is 1. The zero-order chi connectivity index (χ0) is 22.5. The number of hydrogen-bond donors (Lipinski definition) is 1. The predicted octanol–water partition coefficient (Wildman–Crippen LogP) is 3.85. The number of nitrogens with one attached hydrogen (secondary N) is 1. The normalized spacial score (nSPS) is 15.2. The fourth-order valence-electron chi connectivity index (χ4n) is 4.54. The maximum Gasteiger partial charge on any atom is 0.224 e. The van der Waals surface area contributed by atoms with Crippen molar-refractivity contribution in [1.82, 2.24) is 20.1 Å². The molecule has 1 saturated heterocycles. The first-order valence-corrected chi connectivity index (χ1v) is 11.7. The van der Waals surface area contributed by atoms with Gasteiger partial charge in [0.15, 0.2) is 0 Å². The van der Waals surface area contributed by atoms with E-state index < -0.39 is 0 Å². The molecule has 32 heavy (non-hydrogen) atoms. The summed E-state index contributed by atoms with van der Waals surface area (Å²) in [6.07, 6.45) is 0.358. The number of hydrogen-bond acceptors (Lipinski definition) is 4. The Kier molecular flexibility index (Phi) is 7.18. The molecule has 0 aliphatic carbocycles. The SMILES string of the molecule is CCN1CCN(Cc2ccc(CNC(=O)Cc3c(C)nc4ccccc4c3C)cc2)CC1. The Morgan fingerprint density at radius 3 is 2.31 bits per heavy atom. The summed E-state index contributed by atoms with van der Waals surface area (Å²) in [4.78, 5) is 22.4. The molecule has 0 unspecified atom stereocenters. The zero-order valence-electron chi connectivity index (χ0n) is 19.5. The summed E-state index contributed by atoms with van der Waals surface area (Å²) >= 11 is 0. The maximum atomic E-state index is 12.7. The van der Waals surface area contributed by atoms with Crippen LogP contribution in [-0.4, -0.2) is 53.4 Å². The number of rotatable bonds is 7. The average Bonchev–Trinajstić information content (AvgIpc) is 2.82. The Hall–Kier alpha value is -2.76. The summed E-state index contributed by atoms with van der Waals surface area (Å²) < 4.78 is 0. The van der Waals surface area contributed by atoms with Crippen molar-refractivity contribution < 1.29 is 4.79 Å². The lowest BCUT2D eigenvalue weighted by molar-refractivity contribution is -0.120. The lowest BCUT2D eigenvalue weighted by Gasteiger charge is -2.34. The Bertz CT molecular complexity index is 1070. The maximum absolute atomic E-state index is 12.7. The number of amides is 1. The topological polar surface area (TPSA) is 48.5 Å². The van der Waals surface area contributed by atoms with Gasteiger partial charge in [-0.05, 0) is 48.7 Å². The highest BCUT2D eigenvalue weighted by Gasteiger charge is 2.16. The molecular formula is C27H34N4O. The Labute approximate surface area is 191 Å².